The fourth-order valence-corrected chi connectivity index (χ4v) is 3.47. The first-order valence-corrected chi connectivity index (χ1v) is 7.65. The highest BCUT2D eigenvalue weighted by Crippen LogP contribution is 2.27. The van der Waals surface area contributed by atoms with Crippen LogP contribution in [0.5, 0.6) is 0 Å². The number of anilines is 1. The van der Waals surface area contributed by atoms with Gasteiger partial charge < -0.3 is 8.98 Å². The SMILES string of the molecule is Cc1ccc2nc(NC(=O)c3cc4occc4n3C)sc2c1. The molecule has 6 heteroatoms. The monoisotopic (exact) mass is 311 g/mol. The summed E-state index contributed by atoms with van der Waals surface area (Å²) in [6, 6.07) is 9.62. The van der Waals surface area contributed by atoms with E-state index in [1.54, 1.807) is 12.3 Å². The van der Waals surface area contributed by atoms with Gasteiger partial charge in [-0.15, -0.1) is 0 Å². The van der Waals surface area contributed by atoms with Gasteiger partial charge in [-0.25, -0.2) is 4.98 Å². The van der Waals surface area contributed by atoms with Gasteiger partial charge in [-0.1, -0.05) is 17.4 Å². The van der Waals surface area contributed by atoms with Gasteiger partial charge in [0.05, 0.1) is 22.0 Å². The lowest BCUT2D eigenvalue weighted by Gasteiger charge is -2.02. The molecule has 110 valence electrons. The Bertz CT molecular complexity index is 1010. The van der Waals surface area contributed by atoms with Crippen molar-refractivity contribution in [1.82, 2.24) is 9.55 Å². The van der Waals surface area contributed by atoms with E-state index in [-0.39, 0.29) is 5.91 Å². The molecule has 4 rings (SSSR count). The normalized spacial score (nSPS) is 11.4. The Morgan fingerprint density at radius 1 is 1.32 bits per heavy atom. The van der Waals surface area contributed by atoms with E-state index in [2.05, 4.69) is 16.4 Å². The average Bonchev–Trinajstić information content (AvgIpc) is 3.14. The van der Waals surface area contributed by atoms with Gasteiger partial charge in [0.25, 0.3) is 5.91 Å². The molecular weight excluding hydrogens is 298 g/mol. The lowest BCUT2D eigenvalue weighted by Crippen LogP contribution is -2.15. The number of amides is 1. The standard InChI is InChI=1S/C16H13N3O2S/c1-9-3-4-10-14(7-9)22-16(17-10)18-15(20)12-8-13-11(19(12)2)5-6-21-13/h3-8H,1-2H3,(H,17,18,20). The fraction of sp³-hybridized carbons (Fsp3) is 0.125. The number of furan rings is 1. The Morgan fingerprint density at radius 2 is 2.18 bits per heavy atom. The first-order chi connectivity index (χ1) is 10.6. The predicted molar refractivity (Wildman–Crippen MR) is 87.5 cm³/mol. The summed E-state index contributed by atoms with van der Waals surface area (Å²) >= 11 is 1.47. The van der Waals surface area contributed by atoms with Gasteiger partial charge in [-0.2, -0.15) is 0 Å². The molecule has 1 amide bonds. The summed E-state index contributed by atoms with van der Waals surface area (Å²) in [5.41, 5.74) is 4.21. The van der Waals surface area contributed by atoms with Gasteiger partial charge in [-0.3, -0.25) is 10.1 Å². The molecule has 0 spiro atoms. The molecule has 0 aliphatic rings. The predicted octanol–water partition coefficient (Wildman–Crippen LogP) is 3.94. The highest BCUT2D eigenvalue weighted by molar-refractivity contribution is 7.22. The van der Waals surface area contributed by atoms with Gasteiger partial charge >= 0.3 is 0 Å². The average molecular weight is 311 g/mol. The van der Waals surface area contributed by atoms with Crippen molar-refractivity contribution in [2.24, 2.45) is 7.05 Å². The number of benzene rings is 1. The van der Waals surface area contributed by atoms with Gasteiger partial charge in [0.1, 0.15) is 5.69 Å². The molecular formula is C16H13N3O2S. The summed E-state index contributed by atoms with van der Waals surface area (Å²) in [5, 5.41) is 3.47. The molecule has 0 bridgehead atoms. The lowest BCUT2D eigenvalue weighted by molar-refractivity contribution is 0.101. The molecule has 0 saturated carbocycles. The van der Waals surface area contributed by atoms with Crippen molar-refractivity contribution in [2.45, 2.75) is 6.92 Å². The van der Waals surface area contributed by atoms with E-state index in [4.69, 9.17) is 4.42 Å². The van der Waals surface area contributed by atoms with Crippen LogP contribution < -0.4 is 5.32 Å². The molecule has 0 aliphatic heterocycles. The second-order valence-corrected chi connectivity index (χ2v) is 6.23. The van der Waals surface area contributed by atoms with Crippen molar-refractivity contribution >= 4 is 43.7 Å². The van der Waals surface area contributed by atoms with Crippen LogP contribution in [0.25, 0.3) is 21.3 Å². The summed E-state index contributed by atoms with van der Waals surface area (Å²) in [6.07, 6.45) is 1.61. The Balaban J connectivity index is 1.67. The van der Waals surface area contributed by atoms with E-state index in [9.17, 15) is 4.79 Å². The topological polar surface area (TPSA) is 60.1 Å². The van der Waals surface area contributed by atoms with E-state index in [1.165, 1.54) is 16.9 Å². The first-order valence-electron chi connectivity index (χ1n) is 6.83. The molecule has 0 fully saturated rings. The van der Waals surface area contributed by atoms with Crippen molar-refractivity contribution in [3.63, 3.8) is 0 Å². The van der Waals surface area contributed by atoms with E-state index in [0.29, 0.717) is 16.4 Å². The van der Waals surface area contributed by atoms with Crippen LogP contribution in [-0.4, -0.2) is 15.5 Å². The number of thiazole rings is 1. The third-order valence-corrected chi connectivity index (χ3v) is 4.59. The van der Waals surface area contributed by atoms with Gasteiger partial charge in [0.15, 0.2) is 10.7 Å². The van der Waals surface area contributed by atoms with Crippen LogP contribution in [0.15, 0.2) is 41.0 Å². The summed E-state index contributed by atoms with van der Waals surface area (Å²) in [6.45, 7) is 2.04. The summed E-state index contributed by atoms with van der Waals surface area (Å²) in [4.78, 5) is 16.9. The first kappa shape index (κ1) is 13.1. The Morgan fingerprint density at radius 3 is 3.00 bits per heavy atom. The van der Waals surface area contributed by atoms with Crippen molar-refractivity contribution < 1.29 is 9.21 Å². The molecule has 5 nitrogen and oxygen atoms in total. The summed E-state index contributed by atoms with van der Waals surface area (Å²) < 4.78 is 8.20. The fourth-order valence-electron chi connectivity index (χ4n) is 2.51. The number of nitrogens with zero attached hydrogens (tertiary/aromatic N) is 2. The van der Waals surface area contributed by atoms with Crippen LogP contribution in [0.4, 0.5) is 5.13 Å². The van der Waals surface area contributed by atoms with Gasteiger partial charge in [0, 0.05) is 19.2 Å². The van der Waals surface area contributed by atoms with Crippen LogP contribution >= 0.6 is 11.3 Å². The molecule has 0 saturated heterocycles. The van der Waals surface area contributed by atoms with Crippen LogP contribution in [0.1, 0.15) is 16.1 Å². The van der Waals surface area contributed by atoms with Crippen LogP contribution in [-0.2, 0) is 7.05 Å². The number of aromatic nitrogens is 2. The second kappa shape index (κ2) is 4.71. The quantitative estimate of drug-likeness (QED) is 0.610. The number of nitrogens with one attached hydrogen (secondary N) is 1. The van der Waals surface area contributed by atoms with Crippen molar-refractivity contribution in [1.29, 1.82) is 0 Å². The second-order valence-electron chi connectivity index (χ2n) is 5.20. The molecule has 3 heterocycles. The highest BCUT2D eigenvalue weighted by Gasteiger charge is 2.16. The smallest absolute Gasteiger partial charge is 0.274 e. The van der Waals surface area contributed by atoms with E-state index in [0.717, 1.165) is 15.7 Å². The zero-order valence-electron chi connectivity index (χ0n) is 12.1. The highest BCUT2D eigenvalue weighted by atomic mass is 32.1. The number of fused-ring (bicyclic) bond motifs is 2. The zero-order valence-corrected chi connectivity index (χ0v) is 12.9. The molecule has 3 aromatic heterocycles. The molecule has 1 N–H and O–H groups in total. The van der Waals surface area contributed by atoms with Crippen LogP contribution in [0.3, 0.4) is 0 Å². The Kier molecular flexibility index (Phi) is 2.80. The maximum Gasteiger partial charge on any atom is 0.274 e. The van der Waals surface area contributed by atoms with Crippen LogP contribution in [0.2, 0.25) is 0 Å². The summed E-state index contributed by atoms with van der Waals surface area (Å²) in [5.74, 6) is -0.190. The van der Waals surface area contributed by atoms with E-state index < -0.39 is 0 Å². The third kappa shape index (κ3) is 2.00. The van der Waals surface area contributed by atoms with Crippen molar-refractivity contribution in [2.75, 3.05) is 5.32 Å². The molecule has 22 heavy (non-hydrogen) atoms. The number of carbonyl (C=O) groups excluding carboxylic acids is 1. The number of rotatable bonds is 2. The number of hydrogen-bond donors (Lipinski definition) is 1. The molecule has 0 aliphatic carbocycles. The molecule has 0 unspecified atom stereocenters. The zero-order chi connectivity index (χ0) is 15.3. The molecule has 4 aromatic rings. The maximum absolute atomic E-state index is 12.4. The minimum atomic E-state index is -0.190. The van der Waals surface area contributed by atoms with Gasteiger partial charge in [0.2, 0.25) is 0 Å². The number of carbonyl (C=O) groups is 1. The Hall–Kier alpha value is -2.60. The van der Waals surface area contributed by atoms with Crippen LogP contribution in [0, 0.1) is 6.92 Å². The summed E-state index contributed by atoms with van der Waals surface area (Å²) in [7, 11) is 1.84. The van der Waals surface area contributed by atoms with E-state index in [1.807, 2.05) is 36.7 Å². The minimum absolute atomic E-state index is 0.190. The number of aryl methyl sites for hydroxylation is 2. The molecule has 0 atom stereocenters. The third-order valence-electron chi connectivity index (χ3n) is 3.66. The minimum Gasteiger partial charge on any atom is -0.463 e. The van der Waals surface area contributed by atoms with E-state index >= 15 is 0 Å². The Labute approximate surface area is 130 Å². The molecule has 0 radical (unpaired) electrons. The largest absolute Gasteiger partial charge is 0.463 e. The van der Waals surface area contributed by atoms with Crippen molar-refractivity contribution in [3.05, 3.63) is 47.9 Å². The van der Waals surface area contributed by atoms with Gasteiger partial charge in [-0.05, 0) is 24.6 Å². The maximum atomic E-state index is 12.4. The number of hydrogen-bond acceptors (Lipinski definition) is 4. The van der Waals surface area contributed by atoms with Crippen molar-refractivity contribution in [3.8, 4) is 0 Å². The molecule has 1 aromatic carbocycles. The lowest BCUT2D eigenvalue weighted by atomic mass is 10.2.